The van der Waals surface area contributed by atoms with Gasteiger partial charge in [-0.05, 0) is 31.2 Å². The van der Waals surface area contributed by atoms with E-state index in [4.69, 9.17) is 5.73 Å². The highest BCUT2D eigenvalue weighted by Crippen LogP contribution is 2.27. The maximum Gasteiger partial charge on any atom is 0.222 e. The van der Waals surface area contributed by atoms with Gasteiger partial charge in [0.15, 0.2) is 0 Å². The van der Waals surface area contributed by atoms with E-state index in [1.165, 1.54) is 32.1 Å². The summed E-state index contributed by atoms with van der Waals surface area (Å²) < 4.78 is 0. The Morgan fingerprint density at radius 3 is 2.42 bits per heavy atom. The second kappa shape index (κ2) is 7.88. The molecule has 1 aliphatic carbocycles. The summed E-state index contributed by atoms with van der Waals surface area (Å²) in [7, 11) is 0. The topological polar surface area (TPSA) is 46.3 Å². The van der Waals surface area contributed by atoms with Gasteiger partial charge in [0, 0.05) is 19.5 Å². The first-order chi connectivity index (χ1) is 8.98. The molecule has 112 valence electrons. The highest BCUT2D eigenvalue weighted by Gasteiger charge is 2.23. The fraction of sp³-hybridized carbons (Fsp3) is 0.938. The van der Waals surface area contributed by atoms with E-state index in [9.17, 15) is 4.79 Å². The van der Waals surface area contributed by atoms with Crippen molar-refractivity contribution in [1.82, 2.24) is 4.90 Å². The molecule has 0 aromatic rings. The normalized spacial score (nSPS) is 17.5. The summed E-state index contributed by atoms with van der Waals surface area (Å²) in [6.45, 7) is 8.52. The minimum absolute atomic E-state index is 0.0243. The molecule has 0 aromatic heterocycles. The van der Waals surface area contributed by atoms with Crippen LogP contribution < -0.4 is 5.73 Å². The predicted octanol–water partition coefficient (Wildman–Crippen LogP) is 3.18. The zero-order valence-electron chi connectivity index (χ0n) is 13.1. The van der Waals surface area contributed by atoms with E-state index in [1.54, 1.807) is 0 Å². The molecule has 0 bridgehead atoms. The van der Waals surface area contributed by atoms with Crippen molar-refractivity contribution in [2.45, 2.75) is 65.7 Å². The molecule has 0 atom stereocenters. The minimum Gasteiger partial charge on any atom is -0.342 e. The van der Waals surface area contributed by atoms with Crippen LogP contribution in [0.15, 0.2) is 0 Å². The number of carbonyl (C=O) groups excluding carboxylic acids is 1. The Hall–Kier alpha value is -0.570. The first-order valence-corrected chi connectivity index (χ1v) is 7.96. The van der Waals surface area contributed by atoms with Crippen LogP contribution in [0.2, 0.25) is 0 Å². The van der Waals surface area contributed by atoms with Gasteiger partial charge in [0.1, 0.15) is 0 Å². The summed E-state index contributed by atoms with van der Waals surface area (Å²) in [6, 6.07) is 0. The van der Waals surface area contributed by atoms with Gasteiger partial charge in [0.2, 0.25) is 5.91 Å². The largest absolute Gasteiger partial charge is 0.342 e. The monoisotopic (exact) mass is 268 g/mol. The molecule has 0 heterocycles. The van der Waals surface area contributed by atoms with Gasteiger partial charge in [0.05, 0.1) is 0 Å². The minimum atomic E-state index is 0.0243. The van der Waals surface area contributed by atoms with Gasteiger partial charge >= 0.3 is 0 Å². The van der Waals surface area contributed by atoms with Gasteiger partial charge in [-0.2, -0.15) is 0 Å². The van der Waals surface area contributed by atoms with Crippen LogP contribution >= 0.6 is 0 Å². The van der Waals surface area contributed by atoms with Gasteiger partial charge in [-0.3, -0.25) is 4.79 Å². The lowest BCUT2D eigenvalue weighted by Gasteiger charge is -2.31. The maximum absolute atomic E-state index is 12.3. The Labute approximate surface area is 118 Å². The number of rotatable bonds is 7. The SMILES string of the molecule is CCN(CC(C)(C)CN)C(=O)CCC1CCCCC1. The molecule has 0 spiro atoms. The van der Waals surface area contributed by atoms with Gasteiger partial charge in [-0.1, -0.05) is 46.0 Å². The van der Waals surface area contributed by atoms with Gasteiger partial charge < -0.3 is 10.6 Å². The first-order valence-electron chi connectivity index (χ1n) is 7.96. The van der Waals surface area contributed by atoms with Crippen molar-refractivity contribution in [3.8, 4) is 0 Å². The molecule has 3 nitrogen and oxygen atoms in total. The lowest BCUT2D eigenvalue weighted by Crippen LogP contribution is -2.42. The molecule has 1 saturated carbocycles. The highest BCUT2D eigenvalue weighted by molar-refractivity contribution is 5.76. The third kappa shape index (κ3) is 5.94. The third-order valence-corrected chi connectivity index (χ3v) is 4.40. The zero-order chi connectivity index (χ0) is 14.3. The Morgan fingerprint density at radius 2 is 1.89 bits per heavy atom. The molecule has 0 radical (unpaired) electrons. The standard InChI is InChI=1S/C16H32N2O/c1-4-18(13-16(2,3)12-17)15(19)11-10-14-8-6-5-7-9-14/h14H,4-13,17H2,1-3H3. The molecule has 0 saturated heterocycles. The van der Waals surface area contributed by atoms with E-state index in [2.05, 4.69) is 20.8 Å². The molecule has 1 rings (SSSR count). The average molecular weight is 268 g/mol. The van der Waals surface area contributed by atoms with Crippen molar-refractivity contribution in [3.05, 3.63) is 0 Å². The van der Waals surface area contributed by atoms with Crippen molar-refractivity contribution in [3.63, 3.8) is 0 Å². The van der Waals surface area contributed by atoms with Crippen molar-refractivity contribution < 1.29 is 4.79 Å². The fourth-order valence-corrected chi connectivity index (χ4v) is 2.92. The lowest BCUT2D eigenvalue weighted by molar-refractivity contribution is -0.132. The molecule has 3 heteroatoms. The molecular weight excluding hydrogens is 236 g/mol. The molecule has 2 N–H and O–H groups in total. The summed E-state index contributed by atoms with van der Waals surface area (Å²) in [5.74, 6) is 1.11. The van der Waals surface area contributed by atoms with Gasteiger partial charge in [-0.15, -0.1) is 0 Å². The number of hydrogen-bond donors (Lipinski definition) is 1. The van der Waals surface area contributed by atoms with E-state index < -0.39 is 0 Å². The molecule has 0 aromatic carbocycles. The summed E-state index contributed by atoms with van der Waals surface area (Å²) in [5.41, 5.74) is 5.79. The van der Waals surface area contributed by atoms with E-state index in [0.717, 1.165) is 31.8 Å². The van der Waals surface area contributed by atoms with Crippen LogP contribution in [0.1, 0.15) is 65.7 Å². The smallest absolute Gasteiger partial charge is 0.222 e. The van der Waals surface area contributed by atoms with Crippen molar-refractivity contribution in [1.29, 1.82) is 0 Å². The Morgan fingerprint density at radius 1 is 1.26 bits per heavy atom. The van der Waals surface area contributed by atoms with Crippen LogP contribution in [0, 0.1) is 11.3 Å². The summed E-state index contributed by atoms with van der Waals surface area (Å²) in [6.07, 6.45) is 8.56. The van der Waals surface area contributed by atoms with Gasteiger partial charge in [-0.25, -0.2) is 0 Å². The molecule has 0 unspecified atom stereocenters. The van der Waals surface area contributed by atoms with Crippen LogP contribution in [0.4, 0.5) is 0 Å². The second-order valence-corrected chi connectivity index (χ2v) is 6.82. The third-order valence-electron chi connectivity index (χ3n) is 4.40. The Kier molecular flexibility index (Phi) is 6.84. The maximum atomic E-state index is 12.3. The number of amides is 1. The van der Waals surface area contributed by atoms with Crippen LogP contribution in [0.25, 0.3) is 0 Å². The first kappa shape index (κ1) is 16.5. The highest BCUT2D eigenvalue weighted by atomic mass is 16.2. The average Bonchev–Trinajstić information content (AvgIpc) is 2.43. The number of hydrogen-bond acceptors (Lipinski definition) is 2. The Bertz CT molecular complexity index is 270. The van der Waals surface area contributed by atoms with E-state index in [1.807, 2.05) is 4.90 Å². The van der Waals surface area contributed by atoms with Crippen LogP contribution in [-0.4, -0.2) is 30.4 Å². The van der Waals surface area contributed by atoms with E-state index in [-0.39, 0.29) is 5.41 Å². The van der Waals surface area contributed by atoms with Crippen molar-refractivity contribution in [2.75, 3.05) is 19.6 Å². The second-order valence-electron chi connectivity index (χ2n) is 6.82. The van der Waals surface area contributed by atoms with Gasteiger partial charge in [0.25, 0.3) is 0 Å². The van der Waals surface area contributed by atoms with Crippen molar-refractivity contribution >= 4 is 5.91 Å². The molecule has 1 amide bonds. The quantitative estimate of drug-likeness (QED) is 0.771. The van der Waals surface area contributed by atoms with Crippen molar-refractivity contribution in [2.24, 2.45) is 17.1 Å². The van der Waals surface area contributed by atoms with E-state index >= 15 is 0 Å². The Balaban J connectivity index is 2.36. The number of nitrogens with two attached hydrogens (primary N) is 1. The molecule has 0 aliphatic heterocycles. The molecule has 19 heavy (non-hydrogen) atoms. The summed E-state index contributed by atoms with van der Waals surface area (Å²) >= 11 is 0. The van der Waals surface area contributed by atoms with Crippen LogP contribution in [-0.2, 0) is 4.79 Å². The van der Waals surface area contributed by atoms with E-state index in [0.29, 0.717) is 12.5 Å². The molecular formula is C16H32N2O. The number of nitrogens with zero attached hydrogens (tertiary/aromatic N) is 1. The lowest BCUT2D eigenvalue weighted by atomic mass is 9.86. The summed E-state index contributed by atoms with van der Waals surface area (Å²) in [5, 5.41) is 0. The van der Waals surface area contributed by atoms with Crippen LogP contribution in [0.5, 0.6) is 0 Å². The summed E-state index contributed by atoms with van der Waals surface area (Å²) in [4.78, 5) is 14.3. The molecule has 1 aliphatic rings. The molecule has 1 fully saturated rings. The fourth-order valence-electron chi connectivity index (χ4n) is 2.92. The zero-order valence-corrected chi connectivity index (χ0v) is 13.1. The van der Waals surface area contributed by atoms with Crippen LogP contribution in [0.3, 0.4) is 0 Å². The number of carbonyl (C=O) groups is 1. The predicted molar refractivity (Wildman–Crippen MR) is 80.9 cm³/mol.